The van der Waals surface area contributed by atoms with Gasteiger partial charge in [0.2, 0.25) is 0 Å². The lowest BCUT2D eigenvalue weighted by atomic mass is 10.2. The Labute approximate surface area is 96.4 Å². The van der Waals surface area contributed by atoms with Gasteiger partial charge in [-0.3, -0.25) is 4.79 Å². The molecule has 2 N–H and O–H groups in total. The highest BCUT2D eigenvalue weighted by atomic mass is 79.9. The van der Waals surface area contributed by atoms with E-state index in [4.69, 9.17) is 5.11 Å². The number of aryl methyl sites for hydroxylation is 1. The van der Waals surface area contributed by atoms with Gasteiger partial charge < -0.3 is 15.0 Å². The predicted molar refractivity (Wildman–Crippen MR) is 59.6 cm³/mol. The third-order valence-electron chi connectivity index (χ3n) is 2.74. The Balaban J connectivity index is 2.11. The topological polar surface area (TPSA) is 54.3 Å². The number of carbonyl (C=O) groups excluding carboxylic acids is 1. The molecule has 0 spiro atoms. The number of hydrogen-bond acceptors (Lipinski definition) is 2. The van der Waals surface area contributed by atoms with Crippen LogP contribution in [0.5, 0.6) is 0 Å². The molecule has 1 aromatic rings. The molecular weight excluding hydrogens is 260 g/mol. The van der Waals surface area contributed by atoms with Crippen molar-refractivity contribution in [3.8, 4) is 0 Å². The molecule has 0 atom stereocenters. The third-order valence-corrected chi connectivity index (χ3v) is 3.17. The van der Waals surface area contributed by atoms with Gasteiger partial charge in [-0.15, -0.1) is 0 Å². The van der Waals surface area contributed by atoms with Gasteiger partial charge in [0, 0.05) is 17.7 Å². The van der Waals surface area contributed by atoms with Crippen molar-refractivity contribution in [1.82, 2.24) is 9.88 Å². The van der Waals surface area contributed by atoms with Crippen LogP contribution in [0.15, 0.2) is 16.7 Å². The molecule has 0 unspecified atom stereocenters. The molecule has 82 valence electrons. The average molecular weight is 273 g/mol. The van der Waals surface area contributed by atoms with Gasteiger partial charge in [0.15, 0.2) is 0 Å². The summed E-state index contributed by atoms with van der Waals surface area (Å²) in [5.74, 6) is -0.130. The highest BCUT2D eigenvalue weighted by Gasteiger charge is 2.43. The van der Waals surface area contributed by atoms with Crippen molar-refractivity contribution in [2.45, 2.75) is 18.4 Å². The van der Waals surface area contributed by atoms with Gasteiger partial charge in [0.25, 0.3) is 5.91 Å². The van der Waals surface area contributed by atoms with E-state index in [-0.39, 0.29) is 18.1 Å². The largest absolute Gasteiger partial charge is 0.394 e. The quantitative estimate of drug-likeness (QED) is 0.864. The van der Waals surface area contributed by atoms with Crippen LogP contribution in [-0.4, -0.2) is 27.7 Å². The predicted octanol–water partition coefficient (Wildman–Crippen LogP) is 1.04. The molecule has 15 heavy (non-hydrogen) atoms. The number of nitrogens with one attached hydrogen (secondary N) is 1. The molecule has 1 aromatic heterocycles. The standard InChI is InChI=1S/C10H13BrN2O2/c1-13-5-7(11)4-8(13)9(15)12-10(6-14)2-3-10/h4-5,14H,2-3,6H2,1H3,(H,12,15). The minimum absolute atomic E-state index is 0.0182. The van der Waals surface area contributed by atoms with Crippen molar-refractivity contribution in [2.24, 2.45) is 7.05 Å². The van der Waals surface area contributed by atoms with Crippen LogP contribution in [-0.2, 0) is 7.05 Å². The molecule has 1 fully saturated rings. The highest BCUT2D eigenvalue weighted by molar-refractivity contribution is 9.10. The number of aliphatic hydroxyl groups excluding tert-OH is 1. The van der Waals surface area contributed by atoms with Crippen LogP contribution >= 0.6 is 15.9 Å². The number of hydrogen-bond donors (Lipinski definition) is 2. The van der Waals surface area contributed by atoms with Crippen molar-refractivity contribution in [1.29, 1.82) is 0 Å². The molecule has 1 heterocycles. The Hall–Kier alpha value is -0.810. The van der Waals surface area contributed by atoms with Gasteiger partial charge in [0.1, 0.15) is 5.69 Å². The summed E-state index contributed by atoms with van der Waals surface area (Å²) in [6, 6.07) is 1.77. The van der Waals surface area contributed by atoms with Crippen molar-refractivity contribution in [3.63, 3.8) is 0 Å². The van der Waals surface area contributed by atoms with E-state index in [9.17, 15) is 4.79 Å². The molecule has 4 nitrogen and oxygen atoms in total. The Kier molecular flexibility index (Phi) is 2.60. The van der Waals surface area contributed by atoms with Crippen LogP contribution in [0, 0.1) is 0 Å². The maximum atomic E-state index is 11.8. The zero-order chi connectivity index (χ0) is 11.1. The lowest BCUT2D eigenvalue weighted by Crippen LogP contribution is -2.40. The molecule has 1 aliphatic carbocycles. The maximum Gasteiger partial charge on any atom is 0.268 e. The van der Waals surface area contributed by atoms with Crippen molar-refractivity contribution in [2.75, 3.05) is 6.61 Å². The molecule has 0 aliphatic heterocycles. The van der Waals surface area contributed by atoms with Crippen molar-refractivity contribution >= 4 is 21.8 Å². The molecular formula is C10H13BrN2O2. The number of carbonyl (C=O) groups is 1. The molecule has 0 bridgehead atoms. The number of nitrogens with zero attached hydrogens (tertiary/aromatic N) is 1. The van der Waals surface area contributed by atoms with E-state index in [2.05, 4.69) is 21.2 Å². The van der Waals surface area contributed by atoms with Crippen molar-refractivity contribution < 1.29 is 9.90 Å². The number of halogens is 1. The summed E-state index contributed by atoms with van der Waals surface area (Å²) in [7, 11) is 1.82. The van der Waals surface area contributed by atoms with Crippen molar-refractivity contribution in [3.05, 3.63) is 22.4 Å². The average Bonchev–Trinajstić information content (AvgIpc) is 2.86. The van der Waals surface area contributed by atoms with Gasteiger partial charge in [-0.05, 0) is 34.8 Å². The van der Waals surface area contributed by atoms with Gasteiger partial charge in [-0.25, -0.2) is 0 Å². The lowest BCUT2D eigenvalue weighted by molar-refractivity contribution is 0.0898. The first-order chi connectivity index (χ1) is 7.06. The van der Waals surface area contributed by atoms with E-state index in [0.29, 0.717) is 5.69 Å². The first-order valence-electron chi connectivity index (χ1n) is 4.82. The second-order valence-electron chi connectivity index (χ2n) is 4.05. The minimum atomic E-state index is -0.353. The van der Waals surface area contributed by atoms with Crippen LogP contribution in [0.25, 0.3) is 0 Å². The fraction of sp³-hybridized carbons (Fsp3) is 0.500. The van der Waals surface area contributed by atoms with E-state index >= 15 is 0 Å². The van der Waals surface area contributed by atoms with Gasteiger partial charge >= 0.3 is 0 Å². The SMILES string of the molecule is Cn1cc(Br)cc1C(=O)NC1(CO)CC1. The monoisotopic (exact) mass is 272 g/mol. The van der Waals surface area contributed by atoms with Crippen LogP contribution < -0.4 is 5.32 Å². The van der Waals surface area contributed by atoms with Crippen LogP contribution in [0.3, 0.4) is 0 Å². The van der Waals surface area contributed by atoms with Gasteiger partial charge in [-0.1, -0.05) is 0 Å². The summed E-state index contributed by atoms with van der Waals surface area (Å²) in [6.45, 7) is 0.0182. The Morgan fingerprint density at radius 3 is 2.80 bits per heavy atom. The molecule has 1 aliphatic rings. The molecule has 2 rings (SSSR count). The van der Waals surface area contributed by atoms with E-state index in [1.54, 1.807) is 10.6 Å². The van der Waals surface area contributed by atoms with Crippen LogP contribution in [0.4, 0.5) is 0 Å². The third kappa shape index (κ3) is 2.08. The van der Waals surface area contributed by atoms with Crippen LogP contribution in [0.2, 0.25) is 0 Å². The summed E-state index contributed by atoms with van der Waals surface area (Å²) < 4.78 is 2.64. The summed E-state index contributed by atoms with van der Waals surface area (Å²) in [5, 5.41) is 12.0. The summed E-state index contributed by atoms with van der Waals surface area (Å²) in [4.78, 5) is 11.8. The van der Waals surface area contributed by atoms with E-state index in [1.165, 1.54) is 0 Å². The second kappa shape index (κ2) is 3.64. The first-order valence-corrected chi connectivity index (χ1v) is 5.61. The smallest absolute Gasteiger partial charge is 0.268 e. The van der Waals surface area contributed by atoms with E-state index < -0.39 is 0 Å². The number of aliphatic hydroxyl groups is 1. The maximum absolute atomic E-state index is 11.8. The second-order valence-corrected chi connectivity index (χ2v) is 4.96. The van der Waals surface area contributed by atoms with Gasteiger partial charge in [-0.2, -0.15) is 0 Å². The first kappa shape index (κ1) is 10.7. The molecule has 1 saturated carbocycles. The van der Waals surface area contributed by atoms with E-state index in [0.717, 1.165) is 17.3 Å². The van der Waals surface area contributed by atoms with Gasteiger partial charge in [0.05, 0.1) is 12.1 Å². The Bertz CT molecular complexity index is 396. The summed E-state index contributed by atoms with van der Waals surface area (Å²) in [6.07, 6.45) is 3.55. The molecule has 5 heteroatoms. The molecule has 0 saturated heterocycles. The lowest BCUT2D eigenvalue weighted by Gasteiger charge is -2.14. The fourth-order valence-corrected chi connectivity index (χ4v) is 2.05. The summed E-state index contributed by atoms with van der Waals surface area (Å²) >= 11 is 3.31. The van der Waals surface area contributed by atoms with E-state index in [1.807, 2.05) is 13.2 Å². The fourth-order valence-electron chi connectivity index (χ4n) is 1.53. The zero-order valence-electron chi connectivity index (χ0n) is 8.46. The highest BCUT2D eigenvalue weighted by Crippen LogP contribution is 2.34. The number of aromatic nitrogens is 1. The number of rotatable bonds is 3. The van der Waals surface area contributed by atoms with Crippen LogP contribution in [0.1, 0.15) is 23.3 Å². The Morgan fingerprint density at radius 1 is 1.73 bits per heavy atom. The summed E-state index contributed by atoms with van der Waals surface area (Å²) in [5.41, 5.74) is 0.245. The molecule has 0 radical (unpaired) electrons. The Morgan fingerprint density at radius 2 is 2.40 bits per heavy atom. The molecule has 1 amide bonds. The number of amides is 1. The molecule has 0 aromatic carbocycles. The minimum Gasteiger partial charge on any atom is -0.394 e. The normalized spacial score (nSPS) is 17.5. The zero-order valence-corrected chi connectivity index (χ0v) is 10.0.